The van der Waals surface area contributed by atoms with Gasteiger partial charge in [-0.05, 0) is 24.5 Å². The molecule has 1 unspecified atom stereocenters. The van der Waals surface area contributed by atoms with Gasteiger partial charge >= 0.3 is 0 Å². The first-order valence-corrected chi connectivity index (χ1v) is 7.09. The standard InChI is InChI=1S/C18H19N3/c1-18(19,12-14-8-4-2-5-9-14)17-20-13-16(21-17)15-10-6-3-7-11-15/h2-11,13H,12,19H2,1H3,(H,20,21). The Kier molecular flexibility index (Phi) is 3.59. The lowest BCUT2D eigenvalue weighted by atomic mass is 9.93. The van der Waals surface area contributed by atoms with Gasteiger partial charge < -0.3 is 10.7 Å². The Balaban J connectivity index is 1.85. The average molecular weight is 277 g/mol. The van der Waals surface area contributed by atoms with Crippen LogP contribution >= 0.6 is 0 Å². The second kappa shape index (κ2) is 5.54. The topological polar surface area (TPSA) is 54.7 Å². The maximum Gasteiger partial charge on any atom is 0.126 e. The van der Waals surface area contributed by atoms with Gasteiger partial charge in [0.15, 0.2) is 0 Å². The van der Waals surface area contributed by atoms with Gasteiger partial charge in [0.1, 0.15) is 5.82 Å². The summed E-state index contributed by atoms with van der Waals surface area (Å²) in [5.41, 5.74) is 9.27. The van der Waals surface area contributed by atoms with Crippen molar-refractivity contribution in [3.63, 3.8) is 0 Å². The van der Waals surface area contributed by atoms with E-state index >= 15 is 0 Å². The van der Waals surface area contributed by atoms with Crippen molar-refractivity contribution >= 4 is 0 Å². The lowest BCUT2D eigenvalue weighted by Crippen LogP contribution is -2.36. The summed E-state index contributed by atoms with van der Waals surface area (Å²) in [7, 11) is 0. The number of hydrogen-bond acceptors (Lipinski definition) is 2. The maximum atomic E-state index is 6.47. The quantitative estimate of drug-likeness (QED) is 0.767. The summed E-state index contributed by atoms with van der Waals surface area (Å²) in [6.45, 7) is 2.01. The molecule has 0 spiro atoms. The molecule has 1 aromatic heterocycles. The minimum Gasteiger partial charge on any atom is -0.340 e. The number of imidazole rings is 1. The number of nitrogens with two attached hydrogens (primary N) is 1. The van der Waals surface area contributed by atoms with Gasteiger partial charge in [0.05, 0.1) is 17.4 Å². The fourth-order valence-electron chi connectivity index (χ4n) is 2.48. The number of H-pyrrole nitrogens is 1. The maximum absolute atomic E-state index is 6.47. The molecular weight excluding hydrogens is 258 g/mol. The first-order valence-electron chi connectivity index (χ1n) is 7.09. The van der Waals surface area contributed by atoms with Crippen LogP contribution in [0.3, 0.4) is 0 Å². The van der Waals surface area contributed by atoms with Crippen molar-refractivity contribution in [3.8, 4) is 11.3 Å². The van der Waals surface area contributed by atoms with Crippen LogP contribution in [-0.2, 0) is 12.0 Å². The molecule has 106 valence electrons. The number of aromatic amines is 1. The number of rotatable bonds is 4. The molecule has 0 saturated carbocycles. The molecule has 1 atom stereocenters. The molecule has 2 aromatic carbocycles. The first-order chi connectivity index (χ1) is 10.1. The number of hydrogen-bond donors (Lipinski definition) is 2. The van der Waals surface area contributed by atoms with Gasteiger partial charge in [-0.1, -0.05) is 60.7 Å². The van der Waals surface area contributed by atoms with Gasteiger partial charge in [-0.15, -0.1) is 0 Å². The van der Waals surface area contributed by atoms with Crippen molar-refractivity contribution in [1.29, 1.82) is 0 Å². The van der Waals surface area contributed by atoms with E-state index in [1.165, 1.54) is 5.56 Å². The third-order valence-corrected chi connectivity index (χ3v) is 3.62. The molecule has 3 rings (SSSR count). The third-order valence-electron chi connectivity index (χ3n) is 3.62. The highest BCUT2D eigenvalue weighted by molar-refractivity contribution is 5.58. The van der Waals surface area contributed by atoms with Gasteiger partial charge in [-0.3, -0.25) is 0 Å². The second-order valence-electron chi connectivity index (χ2n) is 5.59. The largest absolute Gasteiger partial charge is 0.340 e. The summed E-state index contributed by atoms with van der Waals surface area (Å²) in [6, 6.07) is 20.4. The van der Waals surface area contributed by atoms with Crippen molar-refractivity contribution in [2.45, 2.75) is 18.9 Å². The van der Waals surface area contributed by atoms with Crippen molar-refractivity contribution in [2.75, 3.05) is 0 Å². The predicted octanol–water partition coefficient (Wildman–Crippen LogP) is 3.49. The van der Waals surface area contributed by atoms with E-state index in [0.29, 0.717) is 0 Å². The van der Waals surface area contributed by atoms with Crippen LogP contribution in [0.4, 0.5) is 0 Å². The molecule has 21 heavy (non-hydrogen) atoms. The lowest BCUT2D eigenvalue weighted by Gasteiger charge is -2.22. The highest BCUT2D eigenvalue weighted by Gasteiger charge is 2.25. The third kappa shape index (κ3) is 3.03. The fraction of sp³-hybridized carbons (Fsp3) is 0.167. The van der Waals surface area contributed by atoms with E-state index in [1.54, 1.807) is 0 Å². The van der Waals surface area contributed by atoms with Gasteiger partial charge in [-0.25, -0.2) is 4.98 Å². The van der Waals surface area contributed by atoms with E-state index in [2.05, 4.69) is 34.2 Å². The first kappa shape index (κ1) is 13.6. The summed E-state index contributed by atoms with van der Waals surface area (Å²) in [6.07, 6.45) is 2.59. The van der Waals surface area contributed by atoms with Gasteiger partial charge in [0.25, 0.3) is 0 Å². The predicted molar refractivity (Wildman–Crippen MR) is 85.7 cm³/mol. The summed E-state index contributed by atoms with van der Waals surface area (Å²) < 4.78 is 0. The Morgan fingerprint density at radius 1 is 1.00 bits per heavy atom. The van der Waals surface area contributed by atoms with Gasteiger partial charge in [0, 0.05) is 0 Å². The van der Waals surface area contributed by atoms with Crippen molar-refractivity contribution < 1.29 is 0 Å². The van der Waals surface area contributed by atoms with E-state index in [-0.39, 0.29) is 0 Å². The van der Waals surface area contributed by atoms with Gasteiger partial charge in [-0.2, -0.15) is 0 Å². The zero-order valence-corrected chi connectivity index (χ0v) is 12.1. The van der Waals surface area contributed by atoms with Crippen LogP contribution in [-0.4, -0.2) is 9.97 Å². The summed E-state index contributed by atoms with van der Waals surface area (Å²) >= 11 is 0. The molecule has 3 N–H and O–H groups in total. The van der Waals surface area contributed by atoms with E-state index in [9.17, 15) is 0 Å². The lowest BCUT2D eigenvalue weighted by molar-refractivity contribution is 0.463. The Hall–Kier alpha value is -2.39. The van der Waals surface area contributed by atoms with Crippen LogP contribution in [0.15, 0.2) is 66.9 Å². The molecule has 1 heterocycles. The zero-order chi connectivity index (χ0) is 14.7. The Morgan fingerprint density at radius 2 is 1.62 bits per heavy atom. The minimum atomic E-state index is -0.519. The molecule has 3 nitrogen and oxygen atoms in total. The SMILES string of the molecule is CC(N)(Cc1ccccc1)c1ncc(-c2ccccc2)[nH]1. The number of benzene rings is 2. The average Bonchev–Trinajstić information content (AvgIpc) is 2.99. The van der Waals surface area contributed by atoms with Gasteiger partial charge in [0.2, 0.25) is 0 Å². The van der Waals surface area contributed by atoms with Crippen LogP contribution < -0.4 is 5.73 Å². The van der Waals surface area contributed by atoms with E-state index < -0.39 is 5.54 Å². The Morgan fingerprint density at radius 3 is 2.29 bits per heavy atom. The smallest absolute Gasteiger partial charge is 0.126 e. The van der Waals surface area contributed by atoms with E-state index in [4.69, 9.17) is 5.73 Å². The monoisotopic (exact) mass is 277 g/mol. The Bertz CT molecular complexity index is 700. The molecule has 0 amide bonds. The highest BCUT2D eigenvalue weighted by atomic mass is 15.0. The van der Waals surface area contributed by atoms with Crippen molar-refractivity contribution in [2.24, 2.45) is 5.73 Å². The summed E-state index contributed by atoms with van der Waals surface area (Å²) in [5, 5.41) is 0. The van der Waals surface area contributed by atoms with Crippen LogP contribution in [0.25, 0.3) is 11.3 Å². The molecule has 3 heteroatoms. The number of aromatic nitrogens is 2. The van der Waals surface area contributed by atoms with E-state index in [0.717, 1.165) is 23.5 Å². The van der Waals surface area contributed by atoms with Crippen LogP contribution in [0.1, 0.15) is 18.3 Å². The number of nitrogens with zero attached hydrogens (tertiary/aromatic N) is 1. The van der Waals surface area contributed by atoms with Crippen LogP contribution in [0.5, 0.6) is 0 Å². The zero-order valence-electron chi connectivity index (χ0n) is 12.1. The molecule has 0 fully saturated rings. The van der Waals surface area contributed by atoms with E-state index in [1.807, 2.05) is 49.5 Å². The molecule has 0 saturated heterocycles. The second-order valence-corrected chi connectivity index (χ2v) is 5.59. The van der Waals surface area contributed by atoms with Crippen LogP contribution in [0.2, 0.25) is 0 Å². The molecule has 0 aliphatic heterocycles. The molecule has 3 aromatic rings. The summed E-state index contributed by atoms with van der Waals surface area (Å²) in [4.78, 5) is 7.83. The Labute approximate surface area is 124 Å². The van der Waals surface area contributed by atoms with Crippen LogP contribution in [0, 0.1) is 0 Å². The molecular formula is C18H19N3. The van der Waals surface area contributed by atoms with Crippen molar-refractivity contribution in [3.05, 3.63) is 78.2 Å². The number of nitrogens with one attached hydrogen (secondary N) is 1. The summed E-state index contributed by atoms with van der Waals surface area (Å²) in [5.74, 6) is 0.810. The molecule has 0 bridgehead atoms. The molecule has 0 aliphatic carbocycles. The highest BCUT2D eigenvalue weighted by Crippen LogP contribution is 2.23. The molecule has 0 radical (unpaired) electrons. The molecule has 0 aliphatic rings. The fourth-order valence-corrected chi connectivity index (χ4v) is 2.48. The van der Waals surface area contributed by atoms with Crippen molar-refractivity contribution in [1.82, 2.24) is 9.97 Å². The normalized spacial score (nSPS) is 13.8. The minimum absolute atomic E-state index is 0.519.